The Kier molecular flexibility index (Phi) is 6.69. The molecule has 3 rings (SSSR count). The molecule has 2 aromatic carbocycles. The standard InChI is InChI=1S/C20H20FN3O4/c21-18-4-2-1-3-17(18)20(26)23-22-13-15-5-7-16(8-6-15)28-14-19(25)24-9-11-27-12-10-24/h1-8,13H,9-12,14H2,(H,23,26)/b22-13-. The largest absolute Gasteiger partial charge is 0.484 e. The molecule has 0 unspecified atom stereocenters. The lowest BCUT2D eigenvalue weighted by Crippen LogP contribution is -2.42. The van der Waals surface area contributed by atoms with Crippen molar-refractivity contribution in [1.29, 1.82) is 0 Å². The molecule has 0 spiro atoms. The first-order chi connectivity index (χ1) is 13.6. The first-order valence-electron chi connectivity index (χ1n) is 8.80. The Bertz CT molecular complexity index is 849. The van der Waals surface area contributed by atoms with Crippen molar-refractivity contribution >= 4 is 18.0 Å². The molecule has 1 fully saturated rings. The van der Waals surface area contributed by atoms with Crippen LogP contribution in [0.15, 0.2) is 53.6 Å². The molecule has 1 aliphatic rings. The molecular weight excluding hydrogens is 365 g/mol. The molecule has 146 valence electrons. The smallest absolute Gasteiger partial charge is 0.274 e. The maximum absolute atomic E-state index is 13.5. The second kappa shape index (κ2) is 9.61. The Hall–Kier alpha value is -3.26. The van der Waals surface area contributed by atoms with Gasteiger partial charge in [0, 0.05) is 13.1 Å². The summed E-state index contributed by atoms with van der Waals surface area (Å²) in [5.41, 5.74) is 2.91. The zero-order chi connectivity index (χ0) is 19.8. The lowest BCUT2D eigenvalue weighted by atomic mass is 10.2. The van der Waals surface area contributed by atoms with Crippen LogP contribution in [0.3, 0.4) is 0 Å². The minimum Gasteiger partial charge on any atom is -0.484 e. The first kappa shape index (κ1) is 19.5. The number of ether oxygens (including phenoxy) is 2. The summed E-state index contributed by atoms with van der Waals surface area (Å²) in [4.78, 5) is 25.6. The molecule has 8 heteroatoms. The molecule has 0 aliphatic carbocycles. The highest BCUT2D eigenvalue weighted by atomic mass is 19.1. The van der Waals surface area contributed by atoms with Gasteiger partial charge in [-0.3, -0.25) is 9.59 Å². The van der Waals surface area contributed by atoms with E-state index >= 15 is 0 Å². The van der Waals surface area contributed by atoms with Gasteiger partial charge in [-0.25, -0.2) is 9.82 Å². The average Bonchev–Trinajstić information content (AvgIpc) is 2.74. The number of carbonyl (C=O) groups excluding carboxylic acids is 2. The van der Waals surface area contributed by atoms with Crippen molar-refractivity contribution in [3.63, 3.8) is 0 Å². The summed E-state index contributed by atoms with van der Waals surface area (Å²) >= 11 is 0. The van der Waals surface area contributed by atoms with E-state index in [1.54, 1.807) is 35.2 Å². The molecule has 2 amide bonds. The molecule has 1 saturated heterocycles. The third-order valence-electron chi connectivity index (χ3n) is 4.10. The van der Waals surface area contributed by atoms with Crippen LogP contribution >= 0.6 is 0 Å². The molecule has 1 N–H and O–H groups in total. The second-order valence-electron chi connectivity index (χ2n) is 6.03. The SMILES string of the molecule is O=C(N/N=C\c1ccc(OCC(=O)N2CCOCC2)cc1)c1ccccc1F. The average molecular weight is 385 g/mol. The first-order valence-corrected chi connectivity index (χ1v) is 8.80. The fourth-order valence-electron chi connectivity index (χ4n) is 2.57. The minimum absolute atomic E-state index is 0.0356. The van der Waals surface area contributed by atoms with Gasteiger partial charge < -0.3 is 14.4 Å². The van der Waals surface area contributed by atoms with Crippen molar-refractivity contribution in [3.05, 3.63) is 65.5 Å². The van der Waals surface area contributed by atoms with Crippen LogP contribution in [0.4, 0.5) is 4.39 Å². The van der Waals surface area contributed by atoms with Crippen molar-refractivity contribution in [3.8, 4) is 5.75 Å². The molecule has 0 radical (unpaired) electrons. The zero-order valence-corrected chi connectivity index (χ0v) is 15.1. The molecule has 1 heterocycles. The van der Waals surface area contributed by atoms with E-state index < -0.39 is 11.7 Å². The molecule has 2 aromatic rings. The van der Waals surface area contributed by atoms with Gasteiger partial charge in [0.05, 0.1) is 25.0 Å². The summed E-state index contributed by atoms with van der Waals surface area (Å²) in [6, 6.07) is 12.5. The molecular formula is C20H20FN3O4. The van der Waals surface area contributed by atoms with Crippen LogP contribution < -0.4 is 10.2 Å². The number of carbonyl (C=O) groups is 2. The van der Waals surface area contributed by atoms with Crippen LogP contribution in [-0.2, 0) is 9.53 Å². The maximum atomic E-state index is 13.5. The molecule has 7 nitrogen and oxygen atoms in total. The lowest BCUT2D eigenvalue weighted by molar-refractivity contribution is -0.137. The highest BCUT2D eigenvalue weighted by Crippen LogP contribution is 2.12. The number of benzene rings is 2. The van der Waals surface area contributed by atoms with Crippen molar-refractivity contribution < 1.29 is 23.5 Å². The quantitative estimate of drug-likeness (QED) is 0.608. The summed E-state index contributed by atoms with van der Waals surface area (Å²) < 4.78 is 24.2. The minimum atomic E-state index is -0.629. The predicted molar refractivity (Wildman–Crippen MR) is 101 cm³/mol. The number of halogens is 1. The fraction of sp³-hybridized carbons (Fsp3) is 0.250. The summed E-state index contributed by atoms with van der Waals surface area (Å²) in [7, 11) is 0. The van der Waals surface area contributed by atoms with E-state index in [0.29, 0.717) is 37.6 Å². The van der Waals surface area contributed by atoms with Crippen LogP contribution in [0.5, 0.6) is 5.75 Å². The Morgan fingerprint density at radius 3 is 2.57 bits per heavy atom. The van der Waals surface area contributed by atoms with Gasteiger partial charge in [-0.1, -0.05) is 12.1 Å². The van der Waals surface area contributed by atoms with E-state index in [4.69, 9.17) is 9.47 Å². The van der Waals surface area contributed by atoms with E-state index in [-0.39, 0.29) is 18.1 Å². The van der Waals surface area contributed by atoms with Crippen molar-refractivity contribution in [2.75, 3.05) is 32.9 Å². The number of morpholine rings is 1. The molecule has 0 bridgehead atoms. The Balaban J connectivity index is 1.47. The molecule has 0 aromatic heterocycles. The Labute approximate surface area is 161 Å². The zero-order valence-electron chi connectivity index (χ0n) is 15.1. The van der Waals surface area contributed by atoms with Crippen molar-refractivity contribution in [2.24, 2.45) is 5.10 Å². The third kappa shape index (κ3) is 5.37. The van der Waals surface area contributed by atoms with Crippen LogP contribution in [0.25, 0.3) is 0 Å². The number of hydrogen-bond acceptors (Lipinski definition) is 5. The van der Waals surface area contributed by atoms with Crippen LogP contribution in [0, 0.1) is 5.82 Å². The number of hydrazone groups is 1. The van der Waals surface area contributed by atoms with Gasteiger partial charge >= 0.3 is 0 Å². The van der Waals surface area contributed by atoms with Crippen LogP contribution in [0.1, 0.15) is 15.9 Å². The van der Waals surface area contributed by atoms with Gasteiger partial charge in [0.1, 0.15) is 11.6 Å². The topological polar surface area (TPSA) is 80.2 Å². The third-order valence-corrected chi connectivity index (χ3v) is 4.10. The number of nitrogens with one attached hydrogen (secondary N) is 1. The van der Waals surface area contributed by atoms with Crippen LogP contribution in [0.2, 0.25) is 0 Å². The van der Waals surface area contributed by atoms with E-state index in [2.05, 4.69) is 10.5 Å². The van der Waals surface area contributed by atoms with Gasteiger partial charge in [-0.2, -0.15) is 5.10 Å². The van der Waals surface area contributed by atoms with Gasteiger partial charge in [0.25, 0.3) is 11.8 Å². The maximum Gasteiger partial charge on any atom is 0.274 e. The molecule has 0 saturated carbocycles. The Morgan fingerprint density at radius 1 is 1.14 bits per heavy atom. The van der Waals surface area contributed by atoms with Crippen LogP contribution in [-0.4, -0.2) is 55.8 Å². The van der Waals surface area contributed by atoms with Gasteiger partial charge in [-0.05, 0) is 42.0 Å². The summed E-state index contributed by atoms with van der Waals surface area (Å²) in [6.45, 7) is 2.22. The van der Waals surface area contributed by atoms with E-state index in [1.807, 2.05) is 0 Å². The van der Waals surface area contributed by atoms with E-state index in [9.17, 15) is 14.0 Å². The lowest BCUT2D eigenvalue weighted by Gasteiger charge is -2.26. The monoisotopic (exact) mass is 385 g/mol. The highest BCUT2D eigenvalue weighted by molar-refractivity contribution is 5.95. The highest BCUT2D eigenvalue weighted by Gasteiger charge is 2.17. The number of hydrogen-bond donors (Lipinski definition) is 1. The summed E-state index contributed by atoms with van der Waals surface area (Å²) in [5, 5.41) is 3.82. The fourth-order valence-corrected chi connectivity index (χ4v) is 2.57. The predicted octanol–water partition coefficient (Wildman–Crippen LogP) is 1.83. The van der Waals surface area contributed by atoms with Gasteiger partial charge in [0.15, 0.2) is 6.61 Å². The van der Waals surface area contributed by atoms with Crippen molar-refractivity contribution in [1.82, 2.24) is 10.3 Å². The summed E-state index contributed by atoms with van der Waals surface area (Å²) in [6.07, 6.45) is 1.43. The molecule has 0 atom stereocenters. The van der Waals surface area contributed by atoms with E-state index in [0.717, 1.165) is 0 Å². The van der Waals surface area contributed by atoms with E-state index in [1.165, 1.54) is 24.4 Å². The van der Waals surface area contributed by atoms with Gasteiger partial charge in [-0.15, -0.1) is 0 Å². The summed E-state index contributed by atoms with van der Waals surface area (Å²) in [5.74, 6) is -0.766. The van der Waals surface area contributed by atoms with Crippen molar-refractivity contribution in [2.45, 2.75) is 0 Å². The molecule has 1 aliphatic heterocycles. The number of nitrogens with zero attached hydrogens (tertiary/aromatic N) is 2. The Morgan fingerprint density at radius 2 is 1.86 bits per heavy atom. The number of amides is 2. The molecule has 28 heavy (non-hydrogen) atoms. The van der Waals surface area contributed by atoms with Gasteiger partial charge in [0.2, 0.25) is 0 Å². The number of rotatable bonds is 6. The normalized spacial score (nSPS) is 14.1. The second-order valence-corrected chi connectivity index (χ2v) is 6.03.